The number of hydrogen-bond donors (Lipinski definition) is 1. The predicted molar refractivity (Wildman–Crippen MR) is 81.4 cm³/mol. The molecular formula is C16H24N2O3. The number of nitrogens with zero attached hydrogens (tertiary/aromatic N) is 1. The highest BCUT2D eigenvalue weighted by atomic mass is 16.5. The first-order valence-electron chi connectivity index (χ1n) is 7.23. The number of benzene rings is 1. The van der Waals surface area contributed by atoms with Gasteiger partial charge in [-0.1, -0.05) is 25.1 Å². The summed E-state index contributed by atoms with van der Waals surface area (Å²) in [7, 11) is 5.45. The van der Waals surface area contributed by atoms with Gasteiger partial charge in [0.15, 0.2) is 5.54 Å². The Morgan fingerprint density at radius 1 is 1.48 bits per heavy atom. The van der Waals surface area contributed by atoms with E-state index in [2.05, 4.69) is 10.2 Å². The molecule has 0 fully saturated rings. The molecule has 0 amide bonds. The molecule has 2 rings (SSSR count). The molecular weight excluding hydrogens is 268 g/mol. The molecule has 1 aromatic carbocycles. The Morgan fingerprint density at radius 3 is 2.86 bits per heavy atom. The van der Waals surface area contributed by atoms with Gasteiger partial charge in [-0.05, 0) is 20.2 Å². The third-order valence-electron chi connectivity index (χ3n) is 4.01. The topological polar surface area (TPSA) is 50.8 Å². The van der Waals surface area contributed by atoms with Crippen LogP contribution in [0.3, 0.4) is 0 Å². The highest BCUT2D eigenvalue weighted by molar-refractivity contribution is 5.84. The molecule has 1 aliphatic rings. The van der Waals surface area contributed by atoms with Crippen LogP contribution in [-0.4, -0.2) is 51.8 Å². The molecule has 0 saturated heterocycles. The zero-order chi connectivity index (χ0) is 15.5. The van der Waals surface area contributed by atoms with Crippen molar-refractivity contribution in [3.8, 4) is 5.75 Å². The largest absolute Gasteiger partial charge is 0.493 e. The molecule has 1 aliphatic heterocycles. The molecule has 1 N–H and O–H groups in total. The van der Waals surface area contributed by atoms with E-state index in [1.54, 1.807) is 0 Å². The first-order chi connectivity index (χ1) is 10.0. The molecule has 0 spiro atoms. The predicted octanol–water partition coefficient (Wildman–Crippen LogP) is 1.23. The van der Waals surface area contributed by atoms with Crippen molar-refractivity contribution in [3.63, 3.8) is 0 Å². The summed E-state index contributed by atoms with van der Waals surface area (Å²) in [6.07, 6.45) is 0. The molecule has 0 radical (unpaired) electrons. The van der Waals surface area contributed by atoms with Crippen LogP contribution in [0.5, 0.6) is 5.75 Å². The van der Waals surface area contributed by atoms with Gasteiger partial charge in [-0.3, -0.25) is 5.32 Å². The SMILES string of the molecule is COC(=O)C1(NCCN(C)C)c2ccccc2OCC1C. The fraction of sp³-hybridized carbons (Fsp3) is 0.562. The van der Waals surface area contributed by atoms with E-state index >= 15 is 0 Å². The van der Waals surface area contributed by atoms with Crippen LogP contribution in [0.1, 0.15) is 12.5 Å². The number of likely N-dealkylation sites (N-methyl/N-ethyl adjacent to an activating group) is 1. The molecule has 5 heteroatoms. The van der Waals surface area contributed by atoms with E-state index in [9.17, 15) is 4.79 Å². The number of esters is 1. The molecule has 1 heterocycles. The Bertz CT molecular complexity index is 504. The van der Waals surface area contributed by atoms with Crippen molar-refractivity contribution in [2.24, 2.45) is 5.92 Å². The van der Waals surface area contributed by atoms with Gasteiger partial charge in [0.25, 0.3) is 0 Å². The molecule has 1 aromatic rings. The van der Waals surface area contributed by atoms with E-state index in [0.29, 0.717) is 13.2 Å². The number of carbonyl (C=O) groups is 1. The van der Waals surface area contributed by atoms with Crippen molar-refractivity contribution in [2.45, 2.75) is 12.5 Å². The summed E-state index contributed by atoms with van der Waals surface area (Å²) in [5.41, 5.74) is 0.00827. The van der Waals surface area contributed by atoms with Crippen molar-refractivity contribution < 1.29 is 14.3 Å². The van der Waals surface area contributed by atoms with Crippen molar-refractivity contribution in [1.29, 1.82) is 0 Å². The maximum atomic E-state index is 12.6. The van der Waals surface area contributed by atoms with E-state index in [4.69, 9.17) is 9.47 Å². The molecule has 0 aromatic heterocycles. The monoisotopic (exact) mass is 292 g/mol. The number of ether oxygens (including phenoxy) is 2. The van der Waals surface area contributed by atoms with E-state index in [1.807, 2.05) is 45.3 Å². The van der Waals surface area contributed by atoms with Crippen molar-refractivity contribution in [3.05, 3.63) is 29.8 Å². The minimum atomic E-state index is -0.848. The summed E-state index contributed by atoms with van der Waals surface area (Å²) in [6.45, 7) is 4.03. The van der Waals surface area contributed by atoms with Crippen LogP contribution in [0.4, 0.5) is 0 Å². The molecule has 2 unspecified atom stereocenters. The minimum Gasteiger partial charge on any atom is -0.493 e. The number of carbonyl (C=O) groups excluding carboxylic acids is 1. The van der Waals surface area contributed by atoms with E-state index < -0.39 is 5.54 Å². The zero-order valence-corrected chi connectivity index (χ0v) is 13.2. The fourth-order valence-corrected chi connectivity index (χ4v) is 2.81. The normalized spacial score (nSPS) is 24.3. The van der Waals surface area contributed by atoms with Gasteiger partial charge in [-0.15, -0.1) is 0 Å². The lowest BCUT2D eigenvalue weighted by molar-refractivity contribution is -0.153. The number of methoxy groups -OCH3 is 1. The van der Waals surface area contributed by atoms with Crippen molar-refractivity contribution in [1.82, 2.24) is 10.2 Å². The summed E-state index contributed by atoms with van der Waals surface area (Å²) in [5, 5.41) is 3.43. The summed E-state index contributed by atoms with van der Waals surface area (Å²) in [6, 6.07) is 7.67. The minimum absolute atomic E-state index is 0.0120. The Hall–Kier alpha value is -1.59. The van der Waals surface area contributed by atoms with Gasteiger partial charge in [0.1, 0.15) is 5.75 Å². The summed E-state index contributed by atoms with van der Waals surface area (Å²) in [4.78, 5) is 14.7. The second-order valence-electron chi connectivity index (χ2n) is 5.74. The average Bonchev–Trinajstić information content (AvgIpc) is 2.48. The molecule has 0 saturated carbocycles. The Labute approximate surface area is 126 Å². The van der Waals surface area contributed by atoms with Gasteiger partial charge >= 0.3 is 5.97 Å². The van der Waals surface area contributed by atoms with Crippen LogP contribution < -0.4 is 10.1 Å². The van der Waals surface area contributed by atoms with Gasteiger partial charge in [0.2, 0.25) is 0 Å². The summed E-state index contributed by atoms with van der Waals surface area (Å²) >= 11 is 0. The van der Waals surface area contributed by atoms with Gasteiger partial charge in [0.05, 0.1) is 13.7 Å². The Morgan fingerprint density at radius 2 is 2.19 bits per heavy atom. The number of rotatable bonds is 5. The van der Waals surface area contributed by atoms with Crippen molar-refractivity contribution in [2.75, 3.05) is 40.9 Å². The number of para-hydroxylation sites is 1. The quantitative estimate of drug-likeness (QED) is 0.827. The molecule has 5 nitrogen and oxygen atoms in total. The summed E-state index contributed by atoms with van der Waals surface area (Å²) in [5.74, 6) is 0.477. The zero-order valence-electron chi connectivity index (χ0n) is 13.2. The second kappa shape index (κ2) is 6.45. The number of nitrogens with one attached hydrogen (secondary N) is 1. The van der Waals surface area contributed by atoms with Crippen LogP contribution in [0.25, 0.3) is 0 Å². The van der Waals surface area contributed by atoms with Gasteiger partial charge < -0.3 is 14.4 Å². The maximum absolute atomic E-state index is 12.6. The lowest BCUT2D eigenvalue weighted by Gasteiger charge is -2.42. The van der Waals surface area contributed by atoms with Gasteiger partial charge in [-0.25, -0.2) is 4.79 Å². The average molecular weight is 292 g/mol. The Kier molecular flexibility index (Phi) is 4.85. The molecule has 0 aliphatic carbocycles. The fourth-order valence-electron chi connectivity index (χ4n) is 2.81. The first-order valence-corrected chi connectivity index (χ1v) is 7.23. The molecule has 116 valence electrons. The van der Waals surface area contributed by atoms with Crippen molar-refractivity contribution >= 4 is 5.97 Å². The van der Waals surface area contributed by atoms with E-state index in [1.165, 1.54) is 7.11 Å². The van der Waals surface area contributed by atoms with Crippen LogP contribution in [-0.2, 0) is 15.1 Å². The number of hydrogen-bond acceptors (Lipinski definition) is 5. The lowest BCUT2D eigenvalue weighted by Crippen LogP contribution is -2.58. The van der Waals surface area contributed by atoms with E-state index in [-0.39, 0.29) is 11.9 Å². The first kappa shape index (κ1) is 15.8. The van der Waals surface area contributed by atoms with Crippen LogP contribution in [0.15, 0.2) is 24.3 Å². The Balaban J connectivity index is 2.40. The van der Waals surface area contributed by atoms with Crippen LogP contribution in [0.2, 0.25) is 0 Å². The van der Waals surface area contributed by atoms with Crippen LogP contribution in [0, 0.1) is 5.92 Å². The van der Waals surface area contributed by atoms with Gasteiger partial charge in [0, 0.05) is 24.6 Å². The molecule has 21 heavy (non-hydrogen) atoms. The second-order valence-corrected chi connectivity index (χ2v) is 5.74. The third-order valence-corrected chi connectivity index (χ3v) is 4.01. The third kappa shape index (κ3) is 2.89. The van der Waals surface area contributed by atoms with E-state index in [0.717, 1.165) is 17.9 Å². The highest BCUT2D eigenvalue weighted by Gasteiger charge is 2.50. The lowest BCUT2D eigenvalue weighted by atomic mass is 9.77. The van der Waals surface area contributed by atoms with Gasteiger partial charge in [-0.2, -0.15) is 0 Å². The maximum Gasteiger partial charge on any atom is 0.331 e. The smallest absolute Gasteiger partial charge is 0.331 e. The molecule has 2 atom stereocenters. The van der Waals surface area contributed by atoms with Crippen LogP contribution >= 0.6 is 0 Å². The molecule has 0 bridgehead atoms. The summed E-state index contributed by atoms with van der Waals surface area (Å²) < 4.78 is 10.9. The highest BCUT2D eigenvalue weighted by Crippen LogP contribution is 2.41. The number of fused-ring (bicyclic) bond motifs is 1. The standard InChI is InChI=1S/C16H24N2O3/c1-12-11-21-14-8-6-5-7-13(14)16(12,15(19)20-4)17-9-10-18(2)3/h5-8,12,17H,9-11H2,1-4H3.